The summed E-state index contributed by atoms with van der Waals surface area (Å²) in [6.07, 6.45) is -4.20. The first kappa shape index (κ1) is 24.6. The van der Waals surface area contributed by atoms with Gasteiger partial charge in [0.05, 0.1) is 22.6 Å². The van der Waals surface area contributed by atoms with Crippen LogP contribution in [0.4, 0.5) is 13.2 Å². The van der Waals surface area contributed by atoms with Crippen molar-refractivity contribution in [3.8, 4) is 0 Å². The fraction of sp³-hybridized carbons (Fsp3) is 0.533. The lowest BCUT2D eigenvalue weighted by Gasteiger charge is -2.21. The molecule has 0 aromatic heterocycles. The van der Waals surface area contributed by atoms with Gasteiger partial charge in [0.15, 0.2) is 5.96 Å². The Labute approximate surface area is 173 Å². The van der Waals surface area contributed by atoms with Crippen molar-refractivity contribution in [3.05, 3.63) is 33.8 Å². The highest BCUT2D eigenvalue weighted by Crippen LogP contribution is 2.25. The molecule has 4 nitrogen and oxygen atoms in total. The minimum atomic E-state index is -4.20. The number of aliphatic imine (C=N–C) groups is 1. The molecule has 2 N–H and O–H groups in total. The van der Waals surface area contributed by atoms with Crippen molar-refractivity contribution in [2.75, 3.05) is 33.7 Å². The number of hydrogen-bond acceptors (Lipinski definition) is 2. The van der Waals surface area contributed by atoms with Crippen LogP contribution in [0.2, 0.25) is 10.0 Å². The van der Waals surface area contributed by atoms with Crippen LogP contribution in [0.25, 0.3) is 0 Å². The Morgan fingerprint density at radius 3 is 2.44 bits per heavy atom. The standard InChI is InChI=1S/C15H21Cl2F3N4.HI/c1-10(11-4-5-12(16)13(17)8-11)23-14(21-2)22-6-7-24(3)9-15(18,19)20;/h4-5,8,10H,6-7,9H2,1-3H3,(H2,21,22,23);1H. The first-order chi connectivity index (χ1) is 11.1. The van der Waals surface area contributed by atoms with Gasteiger partial charge >= 0.3 is 6.18 Å². The molecule has 144 valence electrons. The van der Waals surface area contributed by atoms with Crippen LogP contribution in [0.1, 0.15) is 18.5 Å². The van der Waals surface area contributed by atoms with Crippen LogP contribution < -0.4 is 10.6 Å². The summed E-state index contributed by atoms with van der Waals surface area (Å²) in [7, 11) is 3.01. The van der Waals surface area contributed by atoms with Crippen LogP contribution in [0.5, 0.6) is 0 Å². The van der Waals surface area contributed by atoms with Gasteiger partial charge in [-0.15, -0.1) is 24.0 Å². The normalized spacial score (nSPS) is 13.4. The highest BCUT2D eigenvalue weighted by atomic mass is 127. The molecule has 0 fully saturated rings. The summed E-state index contributed by atoms with van der Waals surface area (Å²) in [6, 6.07) is 5.21. The summed E-state index contributed by atoms with van der Waals surface area (Å²) >= 11 is 11.9. The molecule has 25 heavy (non-hydrogen) atoms. The van der Waals surface area contributed by atoms with E-state index in [0.717, 1.165) is 5.56 Å². The maximum absolute atomic E-state index is 12.3. The molecule has 0 bridgehead atoms. The van der Waals surface area contributed by atoms with E-state index in [1.54, 1.807) is 19.2 Å². The molecule has 10 heteroatoms. The lowest BCUT2D eigenvalue weighted by atomic mass is 10.1. The number of guanidine groups is 1. The number of nitrogens with zero attached hydrogens (tertiary/aromatic N) is 2. The molecule has 1 atom stereocenters. The van der Waals surface area contributed by atoms with Crippen LogP contribution in [0.15, 0.2) is 23.2 Å². The Bertz CT molecular complexity index is 570. The van der Waals surface area contributed by atoms with E-state index in [2.05, 4.69) is 15.6 Å². The Kier molecular flexibility index (Phi) is 11.1. The van der Waals surface area contributed by atoms with Crippen molar-refractivity contribution in [2.45, 2.75) is 19.1 Å². The first-order valence-corrected chi connectivity index (χ1v) is 8.05. The minimum Gasteiger partial charge on any atom is -0.355 e. The van der Waals surface area contributed by atoms with E-state index in [0.29, 0.717) is 22.5 Å². The van der Waals surface area contributed by atoms with Gasteiger partial charge in [0.2, 0.25) is 0 Å². The maximum Gasteiger partial charge on any atom is 0.401 e. The molecule has 1 rings (SSSR count). The average molecular weight is 513 g/mol. The van der Waals surface area contributed by atoms with Crippen LogP contribution in [0, 0.1) is 0 Å². The average Bonchev–Trinajstić information content (AvgIpc) is 2.46. The quantitative estimate of drug-likeness (QED) is 0.338. The van der Waals surface area contributed by atoms with Crippen molar-refractivity contribution in [1.82, 2.24) is 15.5 Å². The van der Waals surface area contributed by atoms with Crippen molar-refractivity contribution in [1.29, 1.82) is 0 Å². The lowest BCUT2D eigenvalue weighted by molar-refractivity contribution is -0.142. The highest BCUT2D eigenvalue weighted by Gasteiger charge is 2.28. The maximum atomic E-state index is 12.3. The predicted octanol–water partition coefficient (Wildman–Crippen LogP) is 4.33. The number of benzene rings is 1. The number of halogens is 6. The third kappa shape index (κ3) is 9.72. The molecule has 1 aromatic carbocycles. The third-order valence-electron chi connectivity index (χ3n) is 3.26. The third-order valence-corrected chi connectivity index (χ3v) is 3.99. The molecule has 0 amide bonds. The number of alkyl halides is 3. The zero-order valence-electron chi connectivity index (χ0n) is 14.1. The van der Waals surface area contributed by atoms with E-state index >= 15 is 0 Å². The monoisotopic (exact) mass is 512 g/mol. The predicted molar refractivity (Wildman–Crippen MR) is 108 cm³/mol. The Morgan fingerprint density at radius 1 is 1.28 bits per heavy atom. The van der Waals surface area contributed by atoms with Gasteiger partial charge in [-0.3, -0.25) is 9.89 Å². The second-order valence-electron chi connectivity index (χ2n) is 5.39. The number of rotatable bonds is 6. The SMILES string of the molecule is CN=C(NCCN(C)CC(F)(F)F)NC(C)c1ccc(Cl)c(Cl)c1.I. The molecule has 0 heterocycles. The second-order valence-corrected chi connectivity index (χ2v) is 6.21. The molecular formula is C15H22Cl2F3IN4. The zero-order valence-corrected chi connectivity index (χ0v) is 18.0. The molecule has 0 spiro atoms. The largest absolute Gasteiger partial charge is 0.401 e. The van der Waals surface area contributed by atoms with Gasteiger partial charge in [-0.25, -0.2) is 0 Å². The van der Waals surface area contributed by atoms with Crippen molar-refractivity contribution in [3.63, 3.8) is 0 Å². The molecule has 0 radical (unpaired) electrons. The Hall–Kier alpha value is -0.450. The molecule has 0 aliphatic rings. The van der Waals surface area contributed by atoms with E-state index in [1.807, 2.05) is 13.0 Å². The van der Waals surface area contributed by atoms with E-state index in [4.69, 9.17) is 23.2 Å². The summed E-state index contributed by atoms with van der Waals surface area (Å²) in [5, 5.41) is 7.06. The van der Waals surface area contributed by atoms with Gasteiger partial charge < -0.3 is 10.6 Å². The van der Waals surface area contributed by atoms with E-state index in [1.165, 1.54) is 11.9 Å². The van der Waals surface area contributed by atoms with Crippen LogP contribution >= 0.6 is 47.2 Å². The molecule has 0 aliphatic carbocycles. The highest BCUT2D eigenvalue weighted by molar-refractivity contribution is 14.0. The molecule has 0 saturated carbocycles. The summed E-state index contributed by atoms with van der Waals surface area (Å²) in [4.78, 5) is 5.26. The summed E-state index contributed by atoms with van der Waals surface area (Å²) in [5.41, 5.74) is 0.918. The van der Waals surface area contributed by atoms with Gasteiger partial charge in [-0.1, -0.05) is 29.3 Å². The lowest BCUT2D eigenvalue weighted by Crippen LogP contribution is -2.43. The van der Waals surface area contributed by atoms with Gasteiger partial charge in [-0.2, -0.15) is 13.2 Å². The molecule has 0 aliphatic heterocycles. The molecular weight excluding hydrogens is 491 g/mol. The smallest absolute Gasteiger partial charge is 0.355 e. The number of likely N-dealkylation sites (N-methyl/N-ethyl adjacent to an activating group) is 1. The summed E-state index contributed by atoms with van der Waals surface area (Å²) < 4.78 is 36.8. The number of hydrogen-bond donors (Lipinski definition) is 2. The van der Waals surface area contributed by atoms with Gasteiger partial charge in [-0.05, 0) is 31.7 Å². The fourth-order valence-electron chi connectivity index (χ4n) is 2.02. The molecule has 0 saturated heterocycles. The topological polar surface area (TPSA) is 39.7 Å². The zero-order chi connectivity index (χ0) is 18.3. The summed E-state index contributed by atoms with van der Waals surface area (Å²) in [6.45, 7) is 1.55. The van der Waals surface area contributed by atoms with E-state index in [-0.39, 0.29) is 36.6 Å². The minimum absolute atomic E-state index is 0. The first-order valence-electron chi connectivity index (χ1n) is 7.30. The van der Waals surface area contributed by atoms with Gasteiger partial charge in [0.25, 0.3) is 0 Å². The van der Waals surface area contributed by atoms with Crippen molar-refractivity contribution >= 4 is 53.1 Å². The van der Waals surface area contributed by atoms with Crippen LogP contribution in [-0.2, 0) is 0 Å². The Balaban J connectivity index is 0.00000576. The van der Waals surface area contributed by atoms with E-state index in [9.17, 15) is 13.2 Å². The van der Waals surface area contributed by atoms with Gasteiger partial charge in [0.1, 0.15) is 0 Å². The molecule has 1 aromatic rings. The van der Waals surface area contributed by atoms with Crippen molar-refractivity contribution < 1.29 is 13.2 Å². The van der Waals surface area contributed by atoms with Gasteiger partial charge in [0, 0.05) is 20.1 Å². The number of nitrogens with one attached hydrogen (secondary N) is 2. The van der Waals surface area contributed by atoms with E-state index < -0.39 is 12.7 Å². The Morgan fingerprint density at radius 2 is 1.92 bits per heavy atom. The second kappa shape index (κ2) is 11.3. The van der Waals surface area contributed by atoms with Crippen molar-refractivity contribution in [2.24, 2.45) is 4.99 Å². The molecule has 1 unspecified atom stereocenters. The van der Waals surface area contributed by atoms with Crippen LogP contribution in [-0.4, -0.2) is 50.8 Å². The fourth-order valence-corrected chi connectivity index (χ4v) is 2.32. The summed E-state index contributed by atoms with van der Waals surface area (Å²) in [5.74, 6) is 0.494. The van der Waals surface area contributed by atoms with Crippen LogP contribution in [0.3, 0.4) is 0 Å².